The highest BCUT2D eigenvalue weighted by Crippen LogP contribution is 2.53. The van der Waals surface area contributed by atoms with Crippen LogP contribution in [0.3, 0.4) is 0 Å². The van der Waals surface area contributed by atoms with Gasteiger partial charge in [0, 0.05) is 37.3 Å². The van der Waals surface area contributed by atoms with Crippen LogP contribution in [0.1, 0.15) is 20.3 Å². The van der Waals surface area contributed by atoms with E-state index < -0.39 is 0 Å². The third kappa shape index (κ3) is 2.15. The second-order valence-corrected chi connectivity index (χ2v) is 6.17. The first-order valence-electron chi connectivity index (χ1n) is 7.02. The van der Waals surface area contributed by atoms with E-state index in [4.69, 9.17) is 9.47 Å². The first-order valence-corrected chi connectivity index (χ1v) is 7.02. The molecule has 0 aromatic carbocycles. The van der Waals surface area contributed by atoms with Crippen molar-refractivity contribution < 1.29 is 9.47 Å². The van der Waals surface area contributed by atoms with E-state index in [9.17, 15) is 0 Å². The Hall–Kier alpha value is -1.07. The number of nitrogens with one attached hydrogen (secondary N) is 1. The molecule has 5 heteroatoms. The summed E-state index contributed by atoms with van der Waals surface area (Å²) in [6, 6.07) is 0.486. The smallest absolute Gasteiger partial charge is 0.0728 e. The molecule has 0 spiro atoms. The summed E-state index contributed by atoms with van der Waals surface area (Å²) in [5, 5.41) is 7.97. The molecule has 1 N–H and O–H groups in total. The van der Waals surface area contributed by atoms with E-state index in [1.807, 2.05) is 10.9 Å². The van der Waals surface area contributed by atoms with Gasteiger partial charge in [-0.1, -0.05) is 13.8 Å². The van der Waals surface area contributed by atoms with Crippen LogP contribution >= 0.6 is 0 Å². The predicted octanol–water partition coefficient (Wildman–Crippen LogP) is 1.75. The molecule has 1 saturated carbocycles. The molecule has 2 aliphatic rings. The molecule has 1 aliphatic carbocycles. The molecule has 2 fully saturated rings. The molecule has 3 atom stereocenters. The minimum Gasteiger partial charge on any atom is -0.383 e. The summed E-state index contributed by atoms with van der Waals surface area (Å²) < 4.78 is 12.8. The van der Waals surface area contributed by atoms with E-state index in [-0.39, 0.29) is 5.41 Å². The lowest BCUT2D eigenvalue weighted by atomic mass is 9.57. The number of hydrogen-bond donors (Lipinski definition) is 1. The van der Waals surface area contributed by atoms with Gasteiger partial charge in [0.15, 0.2) is 0 Å². The monoisotopic (exact) mass is 265 g/mol. The molecule has 0 bridgehead atoms. The summed E-state index contributed by atoms with van der Waals surface area (Å²) in [4.78, 5) is 0. The van der Waals surface area contributed by atoms with Gasteiger partial charge in [-0.3, -0.25) is 4.68 Å². The van der Waals surface area contributed by atoms with Crippen molar-refractivity contribution in [1.29, 1.82) is 0 Å². The van der Waals surface area contributed by atoms with Crippen LogP contribution in [0.2, 0.25) is 0 Å². The number of ether oxygens (including phenoxy) is 2. The molecular weight excluding hydrogens is 242 g/mol. The molecule has 1 saturated heterocycles. The normalized spacial score (nSPS) is 31.8. The third-order valence-electron chi connectivity index (χ3n) is 4.58. The lowest BCUT2D eigenvalue weighted by Gasteiger charge is -2.54. The Labute approximate surface area is 114 Å². The number of rotatable bonds is 5. The van der Waals surface area contributed by atoms with Crippen LogP contribution in [0, 0.1) is 11.3 Å². The maximum absolute atomic E-state index is 5.82. The molecule has 0 radical (unpaired) electrons. The van der Waals surface area contributed by atoms with Gasteiger partial charge >= 0.3 is 0 Å². The Morgan fingerprint density at radius 1 is 1.58 bits per heavy atom. The largest absolute Gasteiger partial charge is 0.383 e. The summed E-state index contributed by atoms with van der Waals surface area (Å²) in [6.07, 6.45) is 5.55. The first kappa shape index (κ1) is 12.9. The fraction of sp³-hybridized carbons (Fsp3) is 0.786. The van der Waals surface area contributed by atoms with E-state index in [0.29, 0.717) is 24.7 Å². The second kappa shape index (κ2) is 4.80. The first-order chi connectivity index (χ1) is 9.13. The van der Waals surface area contributed by atoms with Crippen LogP contribution in [0.5, 0.6) is 0 Å². The van der Waals surface area contributed by atoms with Gasteiger partial charge in [0.2, 0.25) is 0 Å². The van der Waals surface area contributed by atoms with Gasteiger partial charge in [-0.15, -0.1) is 0 Å². The Morgan fingerprint density at radius 2 is 2.42 bits per heavy atom. The lowest BCUT2D eigenvalue weighted by molar-refractivity contribution is -0.0923. The standard InChI is InChI=1S/C14H23N3O2/c1-14(2)12(11-4-6-19-13(11)14)16-10-8-15-17(9-10)5-7-18-3/h8-9,11-13,16H,4-7H2,1-3H3. The number of methoxy groups -OCH3 is 1. The molecule has 5 nitrogen and oxygen atoms in total. The summed E-state index contributed by atoms with van der Waals surface area (Å²) >= 11 is 0. The molecule has 0 amide bonds. The average Bonchev–Trinajstić information content (AvgIpc) is 3.01. The predicted molar refractivity (Wildman–Crippen MR) is 73.1 cm³/mol. The Morgan fingerprint density at radius 3 is 3.21 bits per heavy atom. The Bertz CT molecular complexity index is 444. The minimum atomic E-state index is 0.204. The fourth-order valence-corrected chi connectivity index (χ4v) is 3.54. The van der Waals surface area contributed by atoms with E-state index >= 15 is 0 Å². The van der Waals surface area contributed by atoms with E-state index in [1.165, 1.54) is 6.42 Å². The van der Waals surface area contributed by atoms with Crippen molar-refractivity contribution in [2.75, 3.05) is 25.6 Å². The lowest BCUT2D eigenvalue weighted by Crippen LogP contribution is -2.63. The molecule has 2 heterocycles. The molecular formula is C14H23N3O2. The van der Waals surface area contributed by atoms with E-state index in [2.05, 4.69) is 30.5 Å². The quantitative estimate of drug-likeness (QED) is 0.881. The second-order valence-electron chi connectivity index (χ2n) is 6.17. The fourth-order valence-electron chi connectivity index (χ4n) is 3.54. The van der Waals surface area contributed by atoms with Gasteiger partial charge < -0.3 is 14.8 Å². The van der Waals surface area contributed by atoms with Crippen molar-refractivity contribution in [1.82, 2.24) is 9.78 Å². The molecule has 19 heavy (non-hydrogen) atoms. The summed E-state index contributed by atoms with van der Waals surface area (Å²) in [6.45, 7) is 6.96. The van der Waals surface area contributed by atoms with Crippen LogP contribution in [-0.4, -0.2) is 42.2 Å². The van der Waals surface area contributed by atoms with Gasteiger partial charge in [0.1, 0.15) is 0 Å². The van der Waals surface area contributed by atoms with Crippen molar-refractivity contribution >= 4 is 5.69 Å². The maximum atomic E-state index is 5.82. The van der Waals surface area contributed by atoms with Gasteiger partial charge in [-0.25, -0.2) is 0 Å². The van der Waals surface area contributed by atoms with Crippen LogP contribution in [0.4, 0.5) is 5.69 Å². The Kier molecular flexibility index (Phi) is 3.27. The molecule has 1 aliphatic heterocycles. The van der Waals surface area contributed by atoms with Crippen molar-refractivity contribution in [3.63, 3.8) is 0 Å². The van der Waals surface area contributed by atoms with Crippen molar-refractivity contribution in [3.8, 4) is 0 Å². The van der Waals surface area contributed by atoms with Crippen molar-refractivity contribution in [2.45, 2.75) is 39.0 Å². The third-order valence-corrected chi connectivity index (χ3v) is 4.58. The molecule has 1 aromatic rings. The number of nitrogens with zero attached hydrogens (tertiary/aromatic N) is 2. The number of aromatic nitrogens is 2. The number of fused-ring (bicyclic) bond motifs is 1. The minimum absolute atomic E-state index is 0.204. The highest BCUT2D eigenvalue weighted by Gasteiger charge is 2.59. The van der Waals surface area contributed by atoms with Crippen molar-refractivity contribution in [2.24, 2.45) is 11.3 Å². The topological polar surface area (TPSA) is 48.3 Å². The van der Waals surface area contributed by atoms with Gasteiger partial charge in [0.25, 0.3) is 0 Å². The molecule has 106 valence electrons. The van der Waals surface area contributed by atoms with Crippen LogP contribution in [0.25, 0.3) is 0 Å². The zero-order valence-electron chi connectivity index (χ0n) is 11.9. The summed E-state index contributed by atoms with van der Waals surface area (Å²) in [5.74, 6) is 0.650. The zero-order chi connectivity index (χ0) is 13.5. The van der Waals surface area contributed by atoms with E-state index in [1.54, 1.807) is 7.11 Å². The molecule has 1 aromatic heterocycles. The number of hydrogen-bond acceptors (Lipinski definition) is 4. The summed E-state index contributed by atoms with van der Waals surface area (Å²) in [7, 11) is 1.71. The van der Waals surface area contributed by atoms with Crippen LogP contribution in [-0.2, 0) is 16.0 Å². The maximum Gasteiger partial charge on any atom is 0.0728 e. The van der Waals surface area contributed by atoms with E-state index in [0.717, 1.165) is 18.8 Å². The Balaban J connectivity index is 1.63. The molecule has 3 rings (SSSR count). The number of anilines is 1. The SMILES string of the molecule is COCCn1cc(NC2C3CCOC3C2(C)C)cn1. The van der Waals surface area contributed by atoms with Gasteiger partial charge in [0.05, 0.1) is 31.1 Å². The van der Waals surface area contributed by atoms with Gasteiger partial charge in [-0.05, 0) is 6.42 Å². The highest BCUT2D eigenvalue weighted by molar-refractivity contribution is 5.42. The molecule has 3 unspecified atom stereocenters. The zero-order valence-corrected chi connectivity index (χ0v) is 11.9. The van der Waals surface area contributed by atoms with Gasteiger partial charge in [-0.2, -0.15) is 5.10 Å². The van der Waals surface area contributed by atoms with Crippen LogP contribution in [0.15, 0.2) is 12.4 Å². The highest BCUT2D eigenvalue weighted by atomic mass is 16.5. The summed E-state index contributed by atoms with van der Waals surface area (Å²) in [5.41, 5.74) is 1.30. The van der Waals surface area contributed by atoms with Crippen LogP contribution < -0.4 is 5.32 Å². The average molecular weight is 265 g/mol. The van der Waals surface area contributed by atoms with Crippen molar-refractivity contribution in [3.05, 3.63) is 12.4 Å².